The second kappa shape index (κ2) is 8.09. The second-order valence-corrected chi connectivity index (χ2v) is 2.55. The minimum Gasteiger partial charge on any atom is -0.355 e. The molecule has 0 aromatic carbocycles. The second-order valence-electron chi connectivity index (χ2n) is 2.55. The van der Waals surface area contributed by atoms with Crippen LogP contribution in [0.4, 0.5) is 0 Å². The highest BCUT2D eigenvalue weighted by Gasteiger charge is 1.97. The quantitative estimate of drug-likeness (QED) is 0.441. The maximum absolute atomic E-state index is 10.9. The number of nitrogens with one attached hydrogen (secondary N) is 1. The van der Waals surface area contributed by atoms with E-state index in [0.29, 0.717) is 19.5 Å². The monoisotopic (exact) mass is 168 g/mol. The van der Waals surface area contributed by atoms with Crippen LogP contribution in [0.2, 0.25) is 0 Å². The Hall–Kier alpha value is -1.01. The molecule has 0 aliphatic heterocycles. The van der Waals surface area contributed by atoms with Crippen molar-refractivity contribution in [2.24, 2.45) is 5.73 Å². The van der Waals surface area contributed by atoms with E-state index in [0.717, 1.165) is 19.3 Å². The number of amides is 1. The van der Waals surface area contributed by atoms with Crippen molar-refractivity contribution >= 4 is 5.91 Å². The molecule has 0 unspecified atom stereocenters. The van der Waals surface area contributed by atoms with Gasteiger partial charge >= 0.3 is 0 Å². The summed E-state index contributed by atoms with van der Waals surface area (Å²) >= 11 is 0. The number of hydrogen-bond acceptors (Lipinski definition) is 2. The molecule has 0 aromatic rings. The molecule has 0 saturated carbocycles. The molecule has 68 valence electrons. The summed E-state index contributed by atoms with van der Waals surface area (Å²) in [6.45, 7) is 1.06. The summed E-state index contributed by atoms with van der Waals surface area (Å²) in [6.07, 6.45) is 8.15. The van der Waals surface area contributed by atoms with Gasteiger partial charge in [0.05, 0.1) is 0 Å². The van der Waals surface area contributed by atoms with E-state index in [-0.39, 0.29) is 5.91 Å². The summed E-state index contributed by atoms with van der Waals surface area (Å²) in [5.74, 6) is 2.60. The third-order valence-corrected chi connectivity index (χ3v) is 1.44. The molecular weight excluding hydrogens is 152 g/mol. The summed E-state index contributed by atoms with van der Waals surface area (Å²) < 4.78 is 0. The number of carbonyl (C=O) groups excluding carboxylic acids is 1. The molecule has 0 radical (unpaired) electrons. The molecule has 0 heterocycles. The first kappa shape index (κ1) is 11.0. The van der Waals surface area contributed by atoms with Crippen LogP contribution in [0.1, 0.15) is 25.7 Å². The fourth-order valence-electron chi connectivity index (χ4n) is 0.813. The molecule has 0 aromatic heterocycles. The lowest BCUT2D eigenvalue weighted by atomic mass is 10.2. The van der Waals surface area contributed by atoms with Gasteiger partial charge in [0.1, 0.15) is 0 Å². The van der Waals surface area contributed by atoms with Gasteiger partial charge in [-0.3, -0.25) is 4.79 Å². The van der Waals surface area contributed by atoms with Crippen molar-refractivity contribution < 1.29 is 4.79 Å². The van der Waals surface area contributed by atoms with Crippen molar-refractivity contribution in [3.8, 4) is 12.3 Å². The van der Waals surface area contributed by atoms with Crippen molar-refractivity contribution in [3.63, 3.8) is 0 Å². The summed E-state index contributed by atoms with van der Waals surface area (Å²) in [6, 6.07) is 0. The van der Waals surface area contributed by atoms with Crippen LogP contribution >= 0.6 is 0 Å². The Balaban J connectivity index is 3.15. The van der Waals surface area contributed by atoms with Gasteiger partial charge < -0.3 is 11.1 Å². The highest BCUT2D eigenvalue weighted by molar-refractivity contribution is 5.75. The van der Waals surface area contributed by atoms with Gasteiger partial charge in [-0.15, -0.1) is 12.3 Å². The molecule has 3 nitrogen and oxygen atoms in total. The Morgan fingerprint density at radius 2 is 2.25 bits per heavy atom. The predicted molar refractivity (Wildman–Crippen MR) is 49.4 cm³/mol. The lowest BCUT2D eigenvalue weighted by molar-refractivity contribution is -0.121. The Kier molecular flexibility index (Phi) is 7.41. The van der Waals surface area contributed by atoms with E-state index in [1.807, 2.05) is 0 Å². The van der Waals surface area contributed by atoms with Crippen molar-refractivity contribution in [3.05, 3.63) is 0 Å². The Labute approximate surface area is 73.7 Å². The molecule has 0 rings (SSSR count). The molecule has 0 aliphatic carbocycles. The number of unbranched alkanes of at least 4 members (excludes halogenated alkanes) is 2. The SMILES string of the molecule is C#CCCCCC(=O)NCCN. The van der Waals surface area contributed by atoms with E-state index < -0.39 is 0 Å². The topological polar surface area (TPSA) is 55.1 Å². The van der Waals surface area contributed by atoms with Gasteiger partial charge in [0, 0.05) is 25.9 Å². The molecule has 0 spiro atoms. The van der Waals surface area contributed by atoms with Crippen molar-refractivity contribution in [2.75, 3.05) is 13.1 Å². The minimum atomic E-state index is 0.0671. The van der Waals surface area contributed by atoms with E-state index in [1.165, 1.54) is 0 Å². The fraction of sp³-hybridized carbons (Fsp3) is 0.667. The van der Waals surface area contributed by atoms with Crippen LogP contribution in [0.5, 0.6) is 0 Å². The molecule has 3 N–H and O–H groups in total. The predicted octanol–water partition coefficient (Wildman–Crippen LogP) is 0.255. The van der Waals surface area contributed by atoms with Crippen LogP contribution in [-0.2, 0) is 4.79 Å². The van der Waals surface area contributed by atoms with E-state index >= 15 is 0 Å². The Morgan fingerprint density at radius 1 is 1.50 bits per heavy atom. The average molecular weight is 168 g/mol. The van der Waals surface area contributed by atoms with Crippen LogP contribution in [-0.4, -0.2) is 19.0 Å². The molecule has 0 atom stereocenters. The van der Waals surface area contributed by atoms with Crippen molar-refractivity contribution in [1.29, 1.82) is 0 Å². The zero-order valence-corrected chi connectivity index (χ0v) is 7.31. The maximum atomic E-state index is 10.9. The van der Waals surface area contributed by atoms with Gasteiger partial charge in [0.2, 0.25) is 5.91 Å². The number of carbonyl (C=O) groups is 1. The number of hydrogen-bond donors (Lipinski definition) is 2. The maximum Gasteiger partial charge on any atom is 0.220 e. The van der Waals surface area contributed by atoms with Crippen LogP contribution in [0, 0.1) is 12.3 Å². The molecular formula is C9H16N2O. The highest BCUT2D eigenvalue weighted by Crippen LogP contribution is 1.97. The molecule has 0 bridgehead atoms. The lowest BCUT2D eigenvalue weighted by Crippen LogP contribution is -2.28. The number of terminal acetylenes is 1. The zero-order valence-electron chi connectivity index (χ0n) is 7.31. The first-order valence-corrected chi connectivity index (χ1v) is 4.21. The van der Waals surface area contributed by atoms with Gasteiger partial charge in [-0.25, -0.2) is 0 Å². The summed E-state index contributed by atoms with van der Waals surface area (Å²) in [4.78, 5) is 10.9. The van der Waals surface area contributed by atoms with E-state index in [1.54, 1.807) is 0 Å². The molecule has 3 heteroatoms. The normalized spacial score (nSPS) is 9.00. The number of nitrogens with two attached hydrogens (primary N) is 1. The van der Waals surface area contributed by atoms with Crippen molar-refractivity contribution in [1.82, 2.24) is 5.32 Å². The molecule has 0 fully saturated rings. The summed E-state index contributed by atoms with van der Waals surface area (Å²) in [7, 11) is 0. The molecule has 0 saturated heterocycles. The Bertz CT molecular complexity index is 160. The van der Waals surface area contributed by atoms with Gasteiger partial charge in [-0.2, -0.15) is 0 Å². The smallest absolute Gasteiger partial charge is 0.220 e. The van der Waals surface area contributed by atoms with E-state index in [2.05, 4.69) is 11.2 Å². The standard InChI is InChI=1S/C9H16N2O/c1-2-3-4-5-6-9(12)11-8-7-10/h1H,3-8,10H2,(H,11,12). The van der Waals surface area contributed by atoms with Gasteiger partial charge in [-0.05, 0) is 12.8 Å². The third-order valence-electron chi connectivity index (χ3n) is 1.44. The van der Waals surface area contributed by atoms with Gasteiger partial charge in [0.25, 0.3) is 0 Å². The average Bonchev–Trinajstić information content (AvgIpc) is 2.09. The molecule has 1 amide bonds. The fourth-order valence-corrected chi connectivity index (χ4v) is 0.813. The first-order chi connectivity index (χ1) is 5.81. The molecule has 12 heavy (non-hydrogen) atoms. The summed E-state index contributed by atoms with van der Waals surface area (Å²) in [5, 5.41) is 2.69. The third kappa shape index (κ3) is 7.10. The largest absolute Gasteiger partial charge is 0.355 e. The first-order valence-electron chi connectivity index (χ1n) is 4.21. The summed E-state index contributed by atoms with van der Waals surface area (Å²) in [5.41, 5.74) is 5.21. The zero-order chi connectivity index (χ0) is 9.23. The van der Waals surface area contributed by atoms with Gasteiger partial charge in [0.15, 0.2) is 0 Å². The van der Waals surface area contributed by atoms with E-state index in [4.69, 9.17) is 12.2 Å². The van der Waals surface area contributed by atoms with Crippen LogP contribution in [0.15, 0.2) is 0 Å². The number of rotatable bonds is 6. The highest BCUT2D eigenvalue weighted by atomic mass is 16.1. The van der Waals surface area contributed by atoms with Gasteiger partial charge in [-0.1, -0.05) is 0 Å². The van der Waals surface area contributed by atoms with E-state index in [9.17, 15) is 4.79 Å². The lowest BCUT2D eigenvalue weighted by Gasteiger charge is -2.01. The van der Waals surface area contributed by atoms with Crippen LogP contribution < -0.4 is 11.1 Å². The Morgan fingerprint density at radius 3 is 2.83 bits per heavy atom. The van der Waals surface area contributed by atoms with Crippen LogP contribution in [0.25, 0.3) is 0 Å². The van der Waals surface area contributed by atoms with Crippen LogP contribution in [0.3, 0.4) is 0 Å². The van der Waals surface area contributed by atoms with Crippen molar-refractivity contribution in [2.45, 2.75) is 25.7 Å². The molecule has 0 aliphatic rings. The minimum absolute atomic E-state index is 0.0671.